The van der Waals surface area contributed by atoms with E-state index >= 15 is 0 Å². The van der Waals surface area contributed by atoms with E-state index in [4.69, 9.17) is 4.74 Å². The van der Waals surface area contributed by atoms with E-state index in [9.17, 15) is 4.79 Å². The quantitative estimate of drug-likeness (QED) is 0.733. The third-order valence-corrected chi connectivity index (χ3v) is 4.33. The molecule has 0 aliphatic carbocycles. The van der Waals surface area contributed by atoms with E-state index in [-0.39, 0.29) is 23.0 Å². The zero-order valence-electron chi connectivity index (χ0n) is 14.0. The molecule has 0 spiro atoms. The molecule has 130 valence electrons. The summed E-state index contributed by atoms with van der Waals surface area (Å²) < 4.78 is 5.03. The van der Waals surface area contributed by atoms with Crippen molar-refractivity contribution in [1.29, 1.82) is 0 Å². The fourth-order valence-corrected chi connectivity index (χ4v) is 3.22. The summed E-state index contributed by atoms with van der Waals surface area (Å²) in [5, 5.41) is 0. The average molecular weight is 402 g/mol. The van der Waals surface area contributed by atoms with E-state index < -0.39 is 0 Å². The lowest BCUT2D eigenvalue weighted by molar-refractivity contribution is 0.0526. The summed E-state index contributed by atoms with van der Waals surface area (Å²) in [7, 11) is 0. The van der Waals surface area contributed by atoms with Gasteiger partial charge in [0, 0.05) is 6.54 Å². The van der Waals surface area contributed by atoms with Gasteiger partial charge in [0.2, 0.25) is 5.96 Å². The summed E-state index contributed by atoms with van der Waals surface area (Å²) in [6, 6.07) is 16.0. The molecule has 6 heteroatoms. The fraction of sp³-hybridized carbons (Fsp3) is 0.263. The van der Waals surface area contributed by atoms with E-state index in [0.717, 1.165) is 31.2 Å². The maximum atomic E-state index is 11.8. The number of guanidine groups is 1. The smallest absolute Gasteiger partial charge is 0.338 e. The van der Waals surface area contributed by atoms with Crippen LogP contribution in [0.25, 0.3) is 0 Å². The average Bonchev–Trinajstić information content (AvgIpc) is 3.19. The molecule has 0 unspecified atom stereocenters. The second-order valence-corrected chi connectivity index (χ2v) is 5.83. The highest BCUT2D eigenvalue weighted by molar-refractivity contribution is 8.93. The molecule has 2 aliphatic rings. The normalized spacial score (nSPS) is 14.5. The molecular formula is C19H20BrN3O2. The van der Waals surface area contributed by atoms with Crippen molar-refractivity contribution in [2.24, 2.45) is 4.99 Å². The van der Waals surface area contributed by atoms with Crippen LogP contribution in [0.4, 0.5) is 11.4 Å². The molecule has 2 aromatic rings. The second-order valence-electron chi connectivity index (χ2n) is 5.83. The van der Waals surface area contributed by atoms with Gasteiger partial charge in [-0.25, -0.2) is 4.79 Å². The highest BCUT2D eigenvalue weighted by Gasteiger charge is 2.34. The minimum Gasteiger partial charge on any atom is -0.462 e. The van der Waals surface area contributed by atoms with Gasteiger partial charge in [0.15, 0.2) is 0 Å². The SMILES string of the molecule is Br.CCOC(=O)c1ccc(CN2C3=NCCN3c3ccccc32)cc1. The number of fused-ring (bicyclic) bond motifs is 3. The van der Waals surface area contributed by atoms with Crippen LogP contribution in [0.1, 0.15) is 22.8 Å². The van der Waals surface area contributed by atoms with Crippen molar-refractivity contribution in [1.82, 2.24) is 0 Å². The van der Waals surface area contributed by atoms with Gasteiger partial charge in [-0.2, -0.15) is 0 Å². The molecule has 5 nitrogen and oxygen atoms in total. The van der Waals surface area contributed by atoms with Gasteiger partial charge >= 0.3 is 5.97 Å². The van der Waals surface area contributed by atoms with E-state index in [2.05, 4.69) is 39.1 Å². The van der Waals surface area contributed by atoms with Crippen LogP contribution in [-0.4, -0.2) is 31.6 Å². The Hall–Kier alpha value is -2.34. The van der Waals surface area contributed by atoms with Crippen molar-refractivity contribution in [2.45, 2.75) is 13.5 Å². The molecule has 0 amide bonds. The summed E-state index contributed by atoms with van der Waals surface area (Å²) in [5.74, 6) is 0.743. The first-order valence-corrected chi connectivity index (χ1v) is 8.22. The molecule has 0 fully saturated rings. The fourth-order valence-electron chi connectivity index (χ4n) is 3.22. The number of esters is 1. The Morgan fingerprint density at radius 1 is 1.12 bits per heavy atom. The summed E-state index contributed by atoms with van der Waals surface area (Å²) >= 11 is 0. The molecule has 2 aromatic carbocycles. The molecule has 0 atom stereocenters. The molecule has 0 saturated heterocycles. The van der Waals surface area contributed by atoms with Crippen LogP contribution >= 0.6 is 17.0 Å². The molecule has 2 heterocycles. The third kappa shape index (κ3) is 3.14. The minimum atomic E-state index is -0.276. The summed E-state index contributed by atoms with van der Waals surface area (Å²) in [5.41, 5.74) is 4.12. The molecule has 0 aromatic heterocycles. The number of hydrogen-bond donors (Lipinski definition) is 0. The minimum absolute atomic E-state index is 0. The number of anilines is 2. The number of ether oxygens (including phenoxy) is 1. The van der Waals surface area contributed by atoms with Gasteiger partial charge in [0.1, 0.15) is 0 Å². The van der Waals surface area contributed by atoms with Crippen molar-refractivity contribution in [3.8, 4) is 0 Å². The van der Waals surface area contributed by atoms with E-state index in [1.165, 1.54) is 11.4 Å². The van der Waals surface area contributed by atoms with Crippen molar-refractivity contribution < 1.29 is 9.53 Å². The van der Waals surface area contributed by atoms with Crippen LogP contribution < -0.4 is 9.80 Å². The van der Waals surface area contributed by atoms with Crippen molar-refractivity contribution >= 4 is 40.3 Å². The zero-order valence-corrected chi connectivity index (χ0v) is 15.7. The summed E-state index contributed by atoms with van der Waals surface area (Å²) in [4.78, 5) is 20.9. The summed E-state index contributed by atoms with van der Waals surface area (Å²) in [6.45, 7) is 4.70. The highest BCUT2D eigenvalue weighted by Crippen LogP contribution is 2.39. The number of carbonyl (C=O) groups is 1. The number of carbonyl (C=O) groups excluding carboxylic acids is 1. The number of benzene rings is 2. The predicted molar refractivity (Wildman–Crippen MR) is 105 cm³/mol. The zero-order chi connectivity index (χ0) is 16.5. The van der Waals surface area contributed by atoms with Gasteiger partial charge < -0.3 is 14.5 Å². The molecule has 0 radical (unpaired) electrons. The number of rotatable bonds is 4. The standard InChI is InChI=1S/C19H19N3O2.BrH/c1-2-24-18(23)15-9-7-14(8-10-15)13-22-17-6-4-3-5-16(17)21-12-11-20-19(21)22;/h3-10H,2,11-13H2,1H3;1H. The number of para-hydroxylation sites is 2. The Balaban J connectivity index is 0.00000182. The van der Waals surface area contributed by atoms with E-state index in [0.29, 0.717) is 12.2 Å². The van der Waals surface area contributed by atoms with Gasteiger partial charge in [-0.3, -0.25) is 4.99 Å². The van der Waals surface area contributed by atoms with Gasteiger partial charge in [-0.1, -0.05) is 24.3 Å². The highest BCUT2D eigenvalue weighted by atomic mass is 79.9. The lowest BCUT2D eigenvalue weighted by Crippen LogP contribution is -2.34. The number of hydrogen-bond acceptors (Lipinski definition) is 5. The maximum Gasteiger partial charge on any atom is 0.338 e. The van der Waals surface area contributed by atoms with Crippen LogP contribution in [0.2, 0.25) is 0 Å². The van der Waals surface area contributed by atoms with Crippen LogP contribution in [0.5, 0.6) is 0 Å². The first kappa shape index (κ1) is 17.5. The molecule has 0 saturated carbocycles. The monoisotopic (exact) mass is 401 g/mol. The molecule has 4 rings (SSSR count). The number of nitrogens with zero attached hydrogens (tertiary/aromatic N) is 3. The molecule has 0 N–H and O–H groups in total. The Morgan fingerprint density at radius 2 is 1.84 bits per heavy atom. The Kier molecular flexibility index (Phi) is 5.08. The van der Waals surface area contributed by atoms with Gasteiger partial charge in [0.25, 0.3) is 0 Å². The third-order valence-electron chi connectivity index (χ3n) is 4.33. The number of aliphatic imine (C=N–C) groups is 1. The molecule has 2 aliphatic heterocycles. The Bertz CT molecular complexity index is 805. The van der Waals surface area contributed by atoms with Gasteiger partial charge in [-0.15, -0.1) is 17.0 Å². The first-order valence-electron chi connectivity index (χ1n) is 8.22. The molecule has 25 heavy (non-hydrogen) atoms. The Labute approximate surface area is 157 Å². The van der Waals surface area contributed by atoms with E-state index in [1.54, 1.807) is 0 Å². The first-order chi connectivity index (χ1) is 11.8. The predicted octanol–water partition coefficient (Wildman–Crippen LogP) is 3.64. The largest absolute Gasteiger partial charge is 0.462 e. The topological polar surface area (TPSA) is 45.1 Å². The second kappa shape index (κ2) is 7.27. The van der Waals surface area contributed by atoms with Crippen LogP contribution in [0.15, 0.2) is 53.5 Å². The van der Waals surface area contributed by atoms with Crippen molar-refractivity contribution in [3.63, 3.8) is 0 Å². The van der Waals surface area contributed by atoms with Gasteiger partial charge in [-0.05, 0) is 36.8 Å². The van der Waals surface area contributed by atoms with Crippen LogP contribution in [-0.2, 0) is 11.3 Å². The lowest BCUT2D eigenvalue weighted by Gasteiger charge is -2.19. The summed E-state index contributed by atoms with van der Waals surface area (Å²) in [6.07, 6.45) is 0. The lowest BCUT2D eigenvalue weighted by atomic mass is 10.1. The van der Waals surface area contributed by atoms with Crippen LogP contribution in [0, 0.1) is 0 Å². The number of halogens is 1. The van der Waals surface area contributed by atoms with Crippen molar-refractivity contribution in [2.75, 3.05) is 29.5 Å². The maximum absolute atomic E-state index is 11.8. The van der Waals surface area contributed by atoms with E-state index in [1.807, 2.05) is 31.2 Å². The van der Waals surface area contributed by atoms with Crippen LogP contribution in [0.3, 0.4) is 0 Å². The van der Waals surface area contributed by atoms with Crippen molar-refractivity contribution in [3.05, 3.63) is 59.7 Å². The molecular weight excluding hydrogens is 382 g/mol. The molecule has 0 bridgehead atoms. The van der Waals surface area contributed by atoms with Gasteiger partial charge in [0.05, 0.1) is 36.6 Å². The Morgan fingerprint density at radius 3 is 2.56 bits per heavy atom.